The van der Waals surface area contributed by atoms with Gasteiger partial charge in [0, 0.05) is 27.7 Å². The van der Waals surface area contributed by atoms with Crippen molar-refractivity contribution >= 4 is 39.4 Å². The van der Waals surface area contributed by atoms with Crippen molar-refractivity contribution in [2.75, 3.05) is 5.32 Å². The molecular weight excluding hydrogens is 418 g/mol. The molecule has 0 bridgehead atoms. The van der Waals surface area contributed by atoms with Crippen molar-refractivity contribution in [1.82, 2.24) is 9.78 Å². The highest BCUT2D eigenvalue weighted by Gasteiger charge is 2.18. The van der Waals surface area contributed by atoms with E-state index in [0.717, 1.165) is 21.2 Å². The van der Waals surface area contributed by atoms with Gasteiger partial charge in [-0.25, -0.2) is 4.79 Å². The minimum absolute atomic E-state index is 0.479. The summed E-state index contributed by atoms with van der Waals surface area (Å²) in [6.45, 7) is 1.78. The molecule has 26 heavy (non-hydrogen) atoms. The third kappa shape index (κ3) is 4.08. The van der Waals surface area contributed by atoms with Gasteiger partial charge in [0.15, 0.2) is 0 Å². The molecule has 134 valence electrons. The first-order valence-electron chi connectivity index (χ1n) is 7.95. The van der Waals surface area contributed by atoms with E-state index in [2.05, 4.69) is 26.3 Å². The summed E-state index contributed by atoms with van der Waals surface area (Å²) in [5, 5.41) is 7.57. The molecule has 0 fully saturated rings. The van der Waals surface area contributed by atoms with Crippen LogP contribution in [0.1, 0.15) is 18.6 Å². The number of benzene rings is 2. The molecular formula is C19H17BrClN3O2. The zero-order valence-corrected chi connectivity index (χ0v) is 16.6. The summed E-state index contributed by atoms with van der Waals surface area (Å²) in [4.78, 5) is 12.4. The maximum Gasteiger partial charge on any atom is 0.413 e. The summed E-state index contributed by atoms with van der Waals surface area (Å²) < 4.78 is 8.05. The van der Waals surface area contributed by atoms with Crippen molar-refractivity contribution in [3.05, 3.63) is 69.8 Å². The number of aryl methyl sites for hydroxylation is 1. The molecule has 1 N–H and O–H groups in total. The van der Waals surface area contributed by atoms with Gasteiger partial charge in [0.1, 0.15) is 11.9 Å². The number of anilines is 1. The zero-order valence-electron chi connectivity index (χ0n) is 14.2. The molecule has 0 saturated heterocycles. The predicted octanol–water partition coefficient (Wildman–Crippen LogP) is 5.81. The minimum atomic E-state index is -0.570. The summed E-state index contributed by atoms with van der Waals surface area (Å²) in [5.74, 6) is 0.559. The normalized spacial score (nSPS) is 11.8. The molecule has 5 nitrogen and oxygen atoms in total. The fourth-order valence-electron chi connectivity index (χ4n) is 2.58. The smallest absolute Gasteiger partial charge is 0.413 e. The standard InChI is InChI=1S/C19H17BrClN3O2/c1-12(15-5-3-4-6-17(15)21)26-19(25)23-18-16(11-22-24(18)2)13-7-9-14(20)10-8-13/h3-12H,1-2H3,(H,23,25)/t12-/m1/s1. The summed E-state index contributed by atoms with van der Waals surface area (Å²) in [6, 6.07) is 15.0. The van der Waals surface area contributed by atoms with Gasteiger partial charge in [0.25, 0.3) is 0 Å². The van der Waals surface area contributed by atoms with Crippen molar-refractivity contribution < 1.29 is 9.53 Å². The molecule has 3 rings (SSSR count). The van der Waals surface area contributed by atoms with Crippen LogP contribution in [0.2, 0.25) is 5.02 Å². The Balaban J connectivity index is 1.77. The second-order valence-electron chi connectivity index (χ2n) is 5.73. The highest BCUT2D eigenvalue weighted by molar-refractivity contribution is 9.10. The van der Waals surface area contributed by atoms with Gasteiger partial charge in [-0.15, -0.1) is 0 Å². The van der Waals surface area contributed by atoms with E-state index in [4.69, 9.17) is 16.3 Å². The third-order valence-corrected chi connectivity index (χ3v) is 4.81. The van der Waals surface area contributed by atoms with E-state index in [1.807, 2.05) is 42.5 Å². The van der Waals surface area contributed by atoms with Gasteiger partial charge in [0.05, 0.1) is 6.20 Å². The number of hydrogen-bond donors (Lipinski definition) is 1. The first-order chi connectivity index (χ1) is 12.5. The van der Waals surface area contributed by atoms with Crippen molar-refractivity contribution in [2.45, 2.75) is 13.0 Å². The summed E-state index contributed by atoms with van der Waals surface area (Å²) >= 11 is 9.57. The maximum atomic E-state index is 12.4. The highest BCUT2D eigenvalue weighted by Crippen LogP contribution is 2.30. The Morgan fingerprint density at radius 1 is 1.23 bits per heavy atom. The van der Waals surface area contributed by atoms with Crippen LogP contribution in [-0.4, -0.2) is 15.9 Å². The first kappa shape index (κ1) is 18.5. The van der Waals surface area contributed by atoms with Crippen LogP contribution in [-0.2, 0) is 11.8 Å². The van der Waals surface area contributed by atoms with E-state index in [-0.39, 0.29) is 0 Å². The number of amides is 1. The average molecular weight is 435 g/mol. The van der Waals surface area contributed by atoms with E-state index < -0.39 is 12.2 Å². The SMILES string of the molecule is C[C@@H](OC(=O)Nc1c(-c2ccc(Br)cc2)cnn1C)c1ccccc1Cl. The molecule has 0 aliphatic heterocycles. The molecule has 1 amide bonds. The van der Waals surface area contributed by atoms with Gasteiger partial charge < -0.3 is 4.74 Å². The zero-order chi connectivity index (χ0) is 18.7. The molecule has 2 aromatic carbocycles. The van der Waals surface area contributed by atoms with E-state index in [0.29, 0.717) is 10.8 Å². The fourth-order valence-corrected chi connectivity index (χ4v) is 3.14. The molecule has 7 heteroatoms. The lowest BCUT2D eigenvalue weighted by Crippen LogP contribution is -2.18. The monoisotopic (exact) mass is 433 g/mol. The van der Waals surface area contributed by atoms with Gasteiger partial charge in [-0.2, -0.15) is 5.10 Å². The summed E-state index contributed by atoms with van der Waals surface area (Å²) in [6.07, 6.45) is 0.656. The average Bonchev–Trinajstić information content (AvgIpc) is 2.96. The van der Waals surface area contributed by atoms with Crippen molar-refractivity contribution in [2.24, 2.45) is 7.05 Å². The number of carbonyl (C=O) groups is 1. The van der Waals surface area contributed by atoms with E-state index in [1.165, 1.54) is 0 Å². The van der Waals surface area contributed by atoms with Crippen LogP contribution in [0.5, 0.6) is 0 Å². The third-order valence-electron chi connectivity index (χ3n) is 3.94. The number of ether oxygens (including phenoxy) is 1. The van der Waals surface area contributed by atoms with Crippen LogP contribution in [0.15, 0.2) is 59.2 Å². The molecule has 0 radical (unpaired) electrons. The van der Waals surface area contributed by atoms with Crippen molar-refractivity contribution in [1.29, 1.82) is 0 Å². The van der Waals surface area contributed by atoms with Gasteiger partial charge >= 0.3 is 6.09 Å². The number of halogens is 2. The topological polar surface area (TPSA) is 56.1 Å². The van der Waals surface area contributed by atoms with Crippen molar-refractivity contribution in [3.8, 4) is 11.1 Å². The molecule has 1 aromatic heterocycles. The van der Waals surface area contributed by atoms with Gasteiger partial charge in [-0.1, -0.05) is 57.9 Å². The Morgan fingerprint density at radius 3 is 2.62 bits per heavy atom. The van der Waals surface area contributed by atoms with Gasteiger partial charge in [0.2, 0.25) is 0 Å². The maximum absolute atomic E-state index is 12.4. The van der Waals surface area contributed by atoms with Crippen LogP contribution in [0.3, 0.4) is 0 Å². The molecule has 1 atom stereocenters. The number of nitrogens with one attached hydrogen (secondary N) is 1. The van der Waals surface area contributed by atoms with Crippen LogP contribution in [0.4, 0.5) is 10.6 Å². The Hall–Kier alpha value is -2.31. The highest BCUT2D eigenvalue weighted by atomic mass is 79.9. The quantitative estimate of drug-likeness (QED) is 0.563. The van der Waals surface area contributed by atoms with Gasteiger partial charge in [-0.3, -0.25) is 10.00 Å². The van der Waals surface area contributed by atoms with E-state index in [1.54, 1.807) is 30.9 Å². The Kier molecular flexibility index (Phi) is 5.64. The second kappa shape index (κ2) is 7.93. The molecule has 0 aliphatic rings. The lowest BCUT2D eigenvalue weighted by atomic mass is 10.1. The minimum Gasteiger partial charge on any atom is -0.441 e. The van der Waals surface area contributed by atoms with Crippen LogP contribution in [0.25, 0.3) is 11.1 Å². The predicted molar refractivity (Wildman–Crippen MR) is 106 cm³/mol. The Bertz CT molecular complexity index is 925. The molecule has 3 aromatic rings. The number of rotatable bonds is 4. The summed E-state index contributed by atoms with van der Waals surface area (Å²) in [7, 11) is 1.76. The van der Waals surface area contributed by atoms with Crippen LogP contribution in [0, 0.1) is 0 Å². The Labute approximate surface area is 165 Å². The fraction of sp³-hybridized carbons (Fsp3) is 0.158. The molecule has 0 spiro atoms. The first-order valence-corrected chi connectivity index (χ1v) is 9.13. The van der Waals surface area contributed by atoms with Crippen LogP contribution < -0.4 is 5.32 Å². The molecule has 0 unspecified atom stereocenters. The largest absolute Gasteiger partial charge is 0.441 e. The molecule has 0 aliphatic carbocycles. The number of nitrogens with zero attached hydrogens (tertiary/aromatic N) is 2. The summed E-state index contributed by atoms with van der Waals surface area (Å²) in [5.41, 5.74) is 2.50. The van der Waals surface area contributed by atoms with E-state index >= 15 is 0 Å². The lowest BCUT2D eigenvalue weighted by molar-refractivity contribution is 0.121. The molecule has 0 saturated carbocycles. The van der Waals surface area contributed by atoms with Gasteiger partial charge in [-0.05, 0) is 30.7 Å². The number of carbonyl (C=O) groups excluding carboxylic acids is 1. The second-order valence-corrected chi connectivity index (χ2v) is 7.05. The molecule has 1 heterocycles. The lowest BCUT2D eigenvalue weighted by Gasteiger charge is -2.16. The Morgan fingerprint density at radius 2 is 1.92 bits per heavy atom. The van der Waals surface area contributed by atoms with Crippen LogP contribution >= 0.6 is 27.5 Å². The van der Waals surface area contributed by atoms with E-state index in [9.17, 15) is 4.79 Å². The van der Waals surface area contributed by atoms with Crippen molar-refractivity contribution in [3.63, 3.8) is 0 Å². The number of aromatic nitrogens is 2. The number of hydrogen-bond acceptors (Lipinski definition) is 3.